The second-order valence-electron chi connectivity index (χ2n) is 2.34. The molecule has 0 heterocycles. The molecule has 0 unspecified atom stereocenters. The molecule has 6 heteroatoms. The van der Waals surface area contributed by atoms with Crippen LogP contribution in [0.5, 0.6) is 0 Å². The van der Waals surface area contributed by atoms with Crippen molar-refractivity contribution in [1.29, 1.82) is 0 Å². The SMILES string of the molecule is C=C(C)C(=O)OCCS(=O)(=O)OC. The number of esters is 1. The number of carbonyl (C=O) groups excluding carboxylic acids is 1. The first-order chi connectivity index (χ1) is 5.89. The summed E-state index contributed by atoms with van der Waals surface area (Å²) in [5, 5.41) is 0. The topological polar surface area (TPSA) is 69.7 Å². The van der Waals surface area contributed by atoms with Gasteiger partial charge in [0, 0.05) is 5.57 Å². The van der Waals surface area contributed by atoms with Crippen LogP contribution in [0.2, 0.25) is 0 Å². The Morgan fingerprint density at radius 2 is 2.00 bits per heavy atom. The normalized spacial score (nSPS) is 10.9. The van der Waals surface area contributed by atoms with Gasteiger partial charge in [-0.15, -0.1) is 0 Å². The maximum atomic E-state index is 10.8. The lowest BCUT2D eigenvalue weighted by Crippen LogP contribution is -2.16. The highest BCUT2D eigenvalue weighted by molar-refractivity contribution is 7.86. The van der Waals surface area contributed by atoms with E-state index in [0.29, 0.717) is 0 Å². The number of hydrogen-bond donors (Lipinski definition) is 0. The molecule has 0 aliphatic carbocycles. The van der Waals surface area contributed by atoms with Crippen molar-refractivity contribution in [3.05, 3.63) is 12.2 Å². The third-order valence-corrected chi connectivity index (χ3v) is 2.34. The molecule has 0 rings (SSSR count). The summed E-state index contributed by atoms with van der Waals surface area (Å²) < 4.78 is 30.1. The molecule has 76 valence electrons. The molecule has 0 saturated carbocycles. The number of hydrogen-bond acceptors (Lipinski definition) is 5. The monoisotopic (exact) mass is 208 g/mol. The minimum Gasteiger partial charge on any atom is -0.461 e. The van der Waals surface area contributed by atoms with Crippen molar-refractivity contribution in [2.45, 2.75) is 6.92 Å². The quantitative estimate of drug-likeness (QED) is 0.363. The van der Waals surface area contributed by atoms with E-state index >= 15 is 0 Å². The zero-order chi connectivity index (χ0) is 10.5. The molecule has 0 spiro atoms. The summed E-state index contributed by atoms with van der Waals surface area (Å²) in [6.45, 7) is 4.59. The summed E-state index contributed by atoms with van der Waals surface area (Å²) in [6, 6.07) is 0. The lowest BCUT2D eigenvalue weighted by molar-refractivity contribution is -0.138. The lowest BCUT2D eigenvalue weighted by atomic mass is 10.4. The maximum absolute atomic E-state index is 10.8. The van der Waals surface area contributed by atoms with Gasteiger partial charge in [-0.2, -0.15) is 8.42 Å². The van der Waals surface area contributed by atoms with Crippen LogP contribution in [0.3, 0.4) is 0 Å². The first kappa shape index (κ1) is 12.1. The Morgan fingerprint density at radius 1 is 1.46 bits per heavy atom. The second-order valence-corrected chi connectivity index (χ2v) is 4.20. The minimum atomic E-state index is -3.55. The van der Waals surface area contributed by atoms with E-state index < -0.39 is 16.1 Å². The average Bonchev–Trinajstić information content (AvgIpc) is 2.04. The first-order valence-electron chi connectivity index (χ1n) is 3.50. The van der Waals surface area contributed by atoms with Gasteiger partial charge in [0.2, 0.25) is 0 Å². The number of carbonyl (C=O) groups is 1. The Bertz CT molecular complexity index is 290. The number of rotatable bonds is 5. The minimum absolute atomic E-state index is 0.220. The second kappa shape index (κ2) is 4.98. The van der Waals surface area contributed by atoms with E-state index in [1.54, 1.807) is 0 Å². The predicted molar refractivity (Wildman–Crippen MR) is 46.6 cm³/mol. The fourth-order valence-electron chi connectivity index (χ4n) is 0.443. The molecule has 0 aromatic heterocycles. The standard InChI is InChI=1S/C7H12O5S/c1-6(2)7(8)12-4-5-13(9,10)11-3/h1,4-5H2,2-3H3. The van der Waals surface area contributed by atoms with E-state index in [1.807, 2.05) is 0 Å². The van der Waals surface area contributed by atoms with Crippen molar-refractivity contribution >= 4 is 16.1 Å². The third kappa shape index (κ3) is 5.37. The molecule has 0 aliphatic rings. The Labute approximate surface area is 77.5 Å². The van der Waals surface area contributed by atoms with Crippen LogP contribution >= 0.6 is 0 Å². The van der Waals surface area contributed by atoms with E-state index in [0.717, 1.165) is 7.11 Å². The summed E-state index contributed by atoms with van der Waals surface area (Å²) in [6.07, 6.45) is 0. The Kier molecular flexibility index (Phi) is 4.64. The van der Waals surface area contributed by atoms with Gasteiger partial charge in [0.15, 0.2) is 0 Å². The van der Waals surface area contributed by atoms with E-state index in [9.17, 15) is 13.2 Å². The van der Waals surface area contributed by atoms with Crippen molar-refractivity contribution in [2.24, 2.45) is 0 Å². The van der Waals surface area contributed by atoms with Gasteiger partial charge in [0.05, 0.1) is 7.11 Å². The van der Waals surface area contributed by atoms with Crippen molar-refractivity contribution in [3.8, 4) is 0 Å². The van der Waals surface area contributed by atoms with Gasteiger partial charge < -0.3 is 4.74 Å². The van der Waals surface area contributed by atoms with Crippen molar-refractivity contribution in [1.82, 2.24) is 0 Å². The van der Waals surface area contributed by atoms with E-state index in [4.69, 9.17) is 0 Å². The zero-order valence-corrected chi connectivity index (χ0v) is 8.39. The highest BCUT2D eigenvalue weighted by Crippen LogP contribution is 1.94. The summed E-state index contributed by atoms with van der Waals surface area (Å²) in [7, 11) is -2.50. The maximum Gasteiger partial charge on any atom is 0.333 e. The Balaban J connectivity index is 3.82. The van der Waals surface area contributed by atoms with Crippen LogP contribution in [0.15, 0.2) is 12.2 Å². The van der Waals surface area contributed by atoms with Gasteiger partial charge in [-0.25, -0.2) is 4.79 Å². The zero-order valence-electron chi connectivity index (χ0n) is 7.57. The fourth-order valence-corrected chi connectivity index (χ4v) is 0.897. The molecule has 0 saturated heterocycles. The summed E-state index contributed by atoms with van der Waals surface area (Å²) in [5.74, 6) is -0.950. The fraction of sp³-hybridized carbons (Fsp3) is 0.571. The van der Waals surface area contributed by atoms with Crippen molar-refractivity contribution < 1.29 is 22.1 Å². The van der Waals surface area contributed by atoms with Gasteiger partial charge in [0.25, 0.3) is 10.1 Å². The molecule has 0 N–H and O–H groups in total. The molecule has 0 atom stereocenters. The van der Waals surface area contributed by atoms with Crippen LogP contribution in [-0.2, 0) is 23.8 Å². The molecular weight excluding hydrogens is 196 g/mol. The molecule has 0 bridgehead atoms. The van der Waals surface area contributed by atoms with E-state index in [2.05, 4.69) is 15.5 Å². The molecule has 0 aliphatic heterocycles. The molecule has 0 amide bonds. The average molecular weight is 208 g/mol. The Morgan fingerprint density at radius 3 is 2.38 bits per heavy atom. The molecule has 0 aromatic rings. The molecular formula is C7H12O5S. The van der Waals surface area contributed by atoms with Gasteiger partial charge >= 0.3 is 5.97 Å². The smallest absolute Gasteiger partial charge is 0.333 e. The summed E-state index contributed by atoms with van der Waals surface area (Å²) in [4.78, 5) is 10.8. The molecule has 0 aromatic carbocycles. The van der Waals surface area contributed by atoms with Gasteiger partial charge in [-0.1, -0.05) is 6.58 Å². The van der Waals surface area contributed by atoms with Crippen LogP contribution in [-0.4, -0.2) is 33.9 Å². The lowest BCUT2D eigenvalue weighted by Gasteiger charge is -2.03. The van der Waals surface area contributed by atoms with Crippen LogP contribution < -0.4 is 0 Å². The van der Waals surface area contributed by atoms with Gasteiger partial charge in [-0.05, 0) is 6.92 Å². The number of ether oxygens (including phenoxy) is 1. The largest absolute Gasteiger partial charge is 0.461 e. The molecule has 0 radical (unpaired) electrons. The van der Waals surface area contributed by atoms with Gasteiger partial charge in [0.1, 0.15) is 12.4 Å². The van der Waals surface area contributed by atoms with Crippen molar-refractivity contribution in [2.75, 3.05) is 19.5 Å². The van der Waals surface area contributed by atoms with Crippen LogP contribution in [0.4, 0.5) is 0 Å². The van der Waals surface area contributed by atoms with E-state index in [1.165, 1.54) is 6.92 Å². The summed E-state index contributed by atoms with van der Waals surface area (Å²) in [5.41, 5.74) is 0.231. The van der Waals surface area contributed by atoms with Gasteiger partial charge in [-0.3, -0.25) is 4.18 Å². The first-order valence-corrected chi connectivity index (χ1v) is 5.07. The van der Waals surface area contributed by atoms with Crippen LogP contribution in [0.25, 0.3) is 0 Å². The third-order valence-electron chi connectivity index (χ3n) is 1.17. The Hall–Kier alpha value is -0.880. The predicted octanol–water partition coefficient (Wildman–Crippen LogP) is 0.0819. The van der Waals surface area contributed by atoms with E-state index in [-0.39, 0.29) is 17.9 Å². The molecule has 0 fully saturated rings. The van der Waals surface area contributed by atoms with Crippen LogP contribution in [0.1, 0.15) is 6.92 Å². The molecule has 5 nitrogen and oxygen atoms in total. The highest BCUT2D eigenvalue weighted by Gasteiger charge is 2.10. The molecule has 13 heavy (non-hydrogen) atoms. The van der Waals surface area contributed by atoms with Crippen molar-refractivity contribution in [3.63, 3.8) is 0 Å². The highest BCUT2D eigenvalue weighted by atomic mass is 32.2. The summed E-state index contributed by atoms with van der Waals surface area (Å²) >= 11 is 0. The van der Waals surface area contributed by atoms with Crippen LogP contribution in [0, 0.1) is 0 Å².